The van der Waals surface area contributed by atoms with Gasteiger partial charge in [0.25, 0.3) is 0 Å². The van der Waals surface area contributed by atoms with Crippen molar-refractivity contribution in [3.63, 3.8) is 0 Å². The van der Waals surface area contributed by atoms with Crippen LogP contribution in [0, 0.1) is 0 Å². The molecule has 0 aliphatic carbocycles. The molecule has 0 atom stereocenters. The van der Waals surface area contributed by atoms with E-state index < -0.39 is 0 Å². The van der Waals surface area contributed by atoms with Gasteiger partial charge in [-0.1, -0.05) is 0 Å². The number of H-pyrrole nitrogens is 1. The third kappa shape index (κ3) is 5.46. The Morgan fingerprint density at radius 1 is 1.53 bits per heavy atom. The lowest BCUT2D eigenvalue weighted by Gasteiger charge is -2.02. The first-order valence-corrected chi connectivity index (χ1v) is 7.19. The molecule has 0 bridgehead atoms. The van der Waals surface area contributed by atoms with E-state index in [0.717, 1.165) is 36.8 Å². The van der Waals surface area contributed by atoms with Gasteiger partial charge < -0.3 is 9.50 Å². The number of aromatic nitrogens is 2. The van der Waals surface area contributed by atoms with Crippen molar-refractivity contribution in [1.29, 1.82) is 0 Å². The van der Waals surface area contributed by atoms with Crippen molar-refractivity contribution in [3.8, 4) is 0 Å². The second kappa shape index (κ2) is 8.04. The third-order valence-corrected chi connectivity index (χ3v) is 2.86. The predicted molar refractivity (Wildman–Crippen MR) is 66.2 cm³/mol. The third-order valence-electron chi connectivity index (χ3n) is 1.83. The van der Waals surface area contributed by atoms with Gasteiger partial charge in [-0.15, -0.1) is 11.8 Å². The Kier molecular flexibility index (Phi) is 6.91. The summed E-state index contributed by atoms with van der Waals surface area (Å²) in [6.45, 7) is 2.61. The number of aromatic amines is 1. The minimum absolute atomic E-state index is 0.799. The second-order valence-electron chi connectivity index (χ2n) is 2.95. The smallest absolute Gasteiger partial charge is 0.118 e. The van der Waals surface area contributed by atoms with E-state index in [2.05, 4.69) is 21.6 Å². The van der Waals surface area contributed by atoms with Crippen molar-refractivity contribution in [3.05, 3.63) is 11.8 Å². The molecule has 2 N–H and O–H groups in total. The molecule has 15 heavy (non-hydrogen) atoms. The number of hydrogen-bond donors (Lipinski definition) is 2. The van der Waals surface area contributed by atoms with E-state index in [9.17, 15) is 0 Å². The largest absolute Gasteiger partial charge is 0.316 e. The van der Waals surface area contributed by atoms with Crippen molar-refractivity contribution < 1.29 is 4.18 Å². The molecule has 0 amide bonds. The van der Waals surface area contributed by atoms with Crippen molar-refractivity contribution in [1.82, 2.24) is 15.5 Å². The Balaban J connectivity index is 2.04. The van der Waals surface area contributed by atoms with Gasteiger partial charge in [0.05, 0.1) is 12.3 Å². The molecule has 86 valence electrons. The van der Waals surface area contributed by atoms with Gasteiger partial charge in [0.15, 0.2) is 0 Å². The molecule has 6 heteroatoms. The van der Waals surface area contributed by atoms with Crippen LogP contribution in [0.3, 0.4) is 0 Å². The first-order valence-electron chi connectivity index (χ1n) is 4.81. The van der Waals surface area contributed by atoms with E-state index >= 15 is 0 Å². The van der Waals surface area contributed by atoms with Crippen molar-refractivity contribution in [2.24, 2.45) is 0 Å². The predicted octanol–water partition coefficient (Wildman–Crippen LogP) is 1.91. The van der Waals surface area contributed by atoms with Crippen LogP contribution in [0.4, 0.5) is 0 Å². The Labute approximate surface area is 99.1 Å². The average Bonchev–Trinajstić information content (AvgIpc) is 2.71. The fourth-order valence-corrected chi connectivity index (χ4v) is 1.78. The monoisotopic (exact) mass is 247 g/mol. The molecule has 1 aromatic heterocycles. The maximum atomic E-state index is 5.16. The standard InChI is InChI=1S/C9H17N3OS2/c1-14-9-6-8(11-12-9)7-10-4-3-5-13-15-2/h6,10H,3-5,7H2,1-2H3,(H,11,12). The zero-order chi connectivity index (χ0) is 10.9. The average molecular weight is 247 g/mol. The molecule has 0 fully saturated rings. The van der Waals surface area contributed by atoms with Crippen molar-refractivity contribution in [2.45, 2.75) is 18.0 Å². The van der Waals surface area contributed by atoms with Crippen LogP contribution in [0.25, 0.3) is 0 Å². The van der Waals surface area contributed by atoms with E-state index in [4.69, 9.17) is 4.18 Å². The van der Waals surface area contributed by atoms with E-state index in [1.807, 2.05) is 12.5 Å². The van der Waals surface area contributed by atoms with Crippen LogP contribution in [0.2, 0.25) is 0 Å². The molecule has 0 aliphatic rings. The molecule has 0 saturated heterocycles. The normalized spacial score (nSPS) is 10.8. The molecule has 1 heterocycles. The summed E-state index contributed by atoms with van der Waals surface area (Å²) < 4.78 is 5.16. The zero-order valence-electron chi connectivity index (χ0n) is 9.08. The summed E-state index contributed by atoms with van der Waals surface area (Å²) in [7, 11) is 0. The summed E-state index contributed by atoms with van der Waals surface area (Å²) in [5, 5.41) is 11.5. The first kappa shape index (κ1) is 12.9. The van der Waals surface area contributed by atoms with Gasteiger partial charge in [-0.2, -0.15) is 5.10 Å². The topological polar surface area (TPSA) is 49.9 Å². The SMILES string of the molecule is CSOCCCNCc1cc(SC)n[nH]1. The molecule has 0 saturated carbocycles. The first-order chi connectivity index (χ1) is 7.36. The van der Waals surface area contributed by atoms with Gasteiger partial charge in [0.2, 0.25) is 0 Å². The number of hydrogen-bond acceptors (Lipinski definition) is 5. The fraction of sp³-hybridized carbons (Fsp3) is 0.667. The van der Waals surface area contributed by atoms with Crippen LogP contribution >= 0.6 is 23.8 Å². The summed E-state index contributed by atoms with van der Waals surface area (Å²) in [4.78, 5) is 0. The molecule has 1 rings (SSSR count). The highest BCUT2D eigenvalue weighted by atomic mass is 32.2. The minimum atomic E-state index is 0.799. The number of nitrogens with one attached hydrogen (secondary N) is 2. The van der Waals surface area contributed by atoms with Crippen LogP contribution in [0.15, 0.2) is 11.1 Å². The molecular weight excluding hydrogens is 230 g/mol. The lowest BCUT2D eigenvalue weighted by atomic mass is 10.4. The van der Waals surface area contributed by atoms with Crippen LogP contribution < -0.4 is 5.32 Å². The summed E-state index contributed by atoms with van der Waals surface area (Å²) in [6, 6.07) is 2.07. The zero-order valence-corrected chi connectivity index (χ0v) is 10.7. The lowest BCUT2D eigenvalue weighted by molar-refractivity contribution is 0.361. The highest BCUT2D eigenvalue weighted by molar-refractivity contribution is 7.98. The van der Waals surface area contributed by atoms with E-state index in [-0.39, 0.29) is 0 Å². The lowest BCUT2D eigenvalue weighted by Crippen LogP contribution is -2.16. The summed E-state index contributed by atoms with van der Waals surface area (Å²) in [5.41, 5.74) is 1.13. The van der Waals surface area contributed by atoms with E-state index in [1.54, 1.807) is 11.8 Å². The number of nitrogens with zero attached hydrogens (tertiary/aromatic N) is 1. The van der Waals surface area contributed by atoms with Crippen LogP contribution in [0.1, 0.15) is 12.1 Å². The Morgan fingerprint density at radius 2 is 2.40 bits per heavy atom. The molecule has 1 aromatic rings. The summed E-state index contributed by atoms with van der Waals surface area (Å²) >= 11 is 3.06. The van der Waals surface area contributed by atoms with Gasteiger partial charge in [-0.05, 0) is 37.3 Å². The quantitative estimate of drug-likeness (QED) is 0.417. The van der Waals surface area contributed by atoms with Gasteiger partial charge >= 0.3 is 0 Å². The van der Waals surface area contributed by atoms with Crippen LogP contribution in [-0.4, -0.2) is 35.9 Å². The summed E-state index contributed by atoms with van der Waals surface area (Å²) in [6.07, 6.45) is 4.99. The van der Waals surface area contributed by atoms with Gasteiger partial charge in [0, 0.05) is 12.8 Å². The Hall–Kier alpha value is -0.170. The number of rotatable bonds is 8. The van der Waals surface area contributed by atoms with Crippen molar-refractivity contribution in [2.75, 3.05) is 25.7 Å². The van der Waals surface area contributed by atoms with Crippen LogP contribution in [0.5, 0.6) is 0 Å². The molecule has 0 spiro atoms. The van der Waals surface area contributed by atoms with Gasteiger partial charge in [0.1, 0.15) is 5.03 Å². The molecule has 0 radical (unpaired) electrons. The molecule has 4 nitrogen and oxygen atoms in total. The summed E-state index contributed by atoms with van der Waals surface area (Å²) in [5.74, 6) is 0. The minimum Gasteiger partial charge on any atom is -0.316 e. The second-order valence-corrected chi connectivity index (χ2v) is 4.35. The Bertz CT molecular complexity index is 268. The highest BCUT2D eigenvalue weighted by Gasteiger charge is 1.98. The van der Waals surface area contributed by atoms with Crippen LogP contribution in [-0.2, 0) is 10.7 Å². The van der Waals surface area contributed by atoms with Gasteiger partial charge in [-0.3, -0.25) is 5.10 Å². The molecule has 0 unspecified atom stereocenters. The van der Waals surface area contributed by atoms with E-state index in [0.29, 0.717) is 0 Å². The van der Waals surface area contributed by atoms with Gasteiger partial charge in [-0.25, -0.2) is 0 Å². The number of thioether (sulfide) groups is 1. The fourth-order valence-electron chi connectivity index (χ4n) is 1.10. The maximum absolute atomic E-state index is 5.16. The Morgan fingerprint density at radius 3 is 3.07 bits per heavy atom. The molecule has 0 aliphatic heterocycles. The molecular formula is C9H17N3OS2. The van der Waals surface area contributed by atoms with E-state index in [1.165, 1.54) is 12.0 Å². The highest BCUT2D eigenvalue weighted by Crippen LogP contribution is 2.11. The molecule has 0 aromatic carbocycles. The van der Waals surface area contributed by atoms with Crippen molar-refractivity contribution >= 4 is 23.8 Å². The maximum Gasteiger partial charge on any atom is 0.118 e.